The van der Waals surface area contributed by atoms with Crippen molar-refractivity contribution >= 4 is 17.4 Å². The zero-order valence-electron chi connectivity index (χ0n) is 13.9. The molecule has 0 fully saturated rings. The highest BCUT2D eigenvalue weighted by Crippen LogP contribution is 2.15. The molecule has 6 nitrogen and oxygen atoms in total. The van der Waals surface area contributed by atoms with Crippen LogP contribution in [-0.4, -0.2) is 28.5 Å². The van der Waals surface area contributed by atoms with Crippen LogP contribution >= 0.6 is 0 Å². The summed E-state index contributed by atoms with van der Waals surface area (Å²) in [5.74, 6) is 0.496. The number of Topliss-reactive ketones (excluding diaryl/α,β-unsaturated/α-hetero) is 1. The zero-order chi connectivity index (χ0) is 17.2. The van der Waals surface area contributed by atoms with Crippen LogP contribution in [0.15, 0.2) is 36.7 Å². The Morgan fingerprint density at radius 3 is 2.62 bits per heavy atom. The third kappa shape index (κ3) is 5.87. The van der Waals surface area contributed by atoms with E-state index >= 15 is 0 Å². The summed E-state index contributed by atoms with van der Waals surface area (Å²) < 4.78 is 5.62. The number of carbonyl (C=O) groups excluding carboxylic acids is 2. The summed E-state index contributed by atoms with van der Waals surface area (Å²) in [6.07, 6.45) is 6.74. The first-order chi connectivity index (χ1) is 11.7. The molecule has 1 aromatic heterocycles. The Balaban J connectivity index is 1.74. The van der Waals surface area contributed by atoms with Gasteiger partial charge < -0.3 is 10.1 Å². The topological polar surface area (TPSA) is 84.1 Å². The molecular weight excluding hydrogens is 306 g/mol. The van der Waals surface area contributed by atoms with E-state index in [0.717, 1.165) is 25.0 Å². The van der Waals surface area contributed by atoms with Crippen molar-refractivity contribution in [1.29, 1.82) is 0 Å². The molecule has 1 aromatic carbocycles. The number of aromatic nitrogens is 2. The highest BCUT2D eigenvalue weighted by atomic mass is 16.5. The largest absolute Gasteiger partial charge is 0.494 e. The van der Waals surface area contributed by atoms with E-state index in [1.165, 1.54) is 6.20 Å². The molecule has 2 N–H and O–H groups in total. The van der Waals surface area contributed by atoms with Gasteiger partial charge in [0.25, 0.3) is 0 Å². The number of amides is 1. The fourth-order valence-electron chi connectivity index (χ4n) is 2.19. The predicted molar refractivity (Wildman–Crippen MR) is 92.2 cm³/mol. The molecule has 2 rings (SSSR count). The van der Waals surface area contributed by atoms with Gasteiger partial charge in [-0.15, -0.1) is 0 Å². The third-order valence-electron chi connectivity index (χ3n) is 3.55. The molecular formula is C18H23N3O3. The maximum Gasteiger partial charge on any atom is 0.224 e. The summed E-state index contributed by atoms with van der Waals surface area (Å²) in [7, 11) is 0. The van der Waals surface area contributed by atoms with Gasteiger partial charge in [-0.25, -0.2) is 0 Å². The quantitative estimate of drug-likeness (QED) is 0.515. The number of rotatable bonds is 10. The van der Waals surface area contributed by atoms with Crippen LogP contribution in [0.2, 0.25) is 0 Å². The van der Waals surface area contributed by atoms with Crippen LogP contribution in [0.25, 0.3) is 0 Å². The second kappa shape index (κ2) is 9.50. The van der Waals surface area contributed by atoms with Gasteiger partial charge in [0.1, 0.15) is 5.75 Å². The molecule has 0 unspecified atom stereocenters. The van der Waals surface area contributed by atoms with Crippen molar-refractivity contribution < 1.29 is 14.3 Å². The average molecular weight is 329 g/mol. The molecule has 24 heavy (non-hydrogen) atoms. The number of carbonyl (C=O) groups is 2. The predicted octanol–water partition coefficient (Wildman–Crippen LogP) is 3.58. The van der Waals surface area contributed by atoms with Crippen molar-refractivity contribution in [2.24, 2.45) is 0 Å². The molecule has 0 aliphatic heterocycles. The van der Waals surface area contributed by atoms with E-state index in [4.69, 9.17) is 4.74 Å². The van der Waals surface area contributed by atoms with E-state index < -0.39 is 0 Å². The maximum absolute atomic E-state index is 12.1. The lowest BCUT2D eigenvalue weighted by atomic mass is 10.1. The van der Waals surface area contributed by atoms with Crippen molar-refractivity contribution in [3.05, 3.63) is 42.2 Å². The molecule has 128 valence electrons. The van der Waals surface area contributed by atoms with Gasteiger partial charge in [-0.2, -0.15) is 5.10 Å². The van der Waals surface area contributed by atoms with Gasteiger partial charge in [0.2, 0.25) is 5.91 Å². The Kier molecular flexibility index (Phi) is 7.01. The molecule has 2 aromatic rings. The molecule has 0 saturated carbocycles. The van der Waals surface area contributed by atoms with Crippen molar-refractivity contribution in [3.8, 4) is 5.75 Å². The molecule has 0 aliphatic rings. The Morgan fingerprint density at radius 1 is 1.17 bits per heavy atom. The molecule has 0 spiro atoms. The monoisotopic (exact) mass is 329 g/mol. The van der Waals surface area contributed by atoms with Crippen LogP contribution in [-0.2, 0) is 4.79 Å². The Labute approximate surface area is 141 Å². The van der Waals surface area contributed by atoms with Crippen LogP contribution in [0, 0.1) is 0 Å². The molecule has 0 atom stereocenters. The molecule has 1 heterocycles. The van der Waals surface area contributed by atoms with Gasteiger partial charge in [0.15, 0.2) is 5.78 Å². The van der Waals surface area contributed by atoms with Gasteiger partial charge in [0.05, 0.1) is 18.5 Å². The van der Waals surface area contributed by atoms with Crippen LogP contribution in [0.3, 0.4) is 0 Å². The van der Waals surface area contributed by atoms with Crippen molar-refractivity contribution in [2.75, 3.05) is 11.9 Å². The SMILES string of the molecule is CCCCCOc1ccc(C(=O)CCC(=O)Nc2cn[nH]c2)cc1. The molecule has 0 bridgehead atoms. The average Bonchev–Trinajstić information content (AvgIpc) is 3.10. The number of benzene rings is 1. The van der Waals surface area contributed by atoms with Gasteiger partial charge >= 0.3 is 0 Å². The fraction of sp³-hybridized carbons (Fsp3) is 0.389. The number of ketones is 1. The van der Waals surface area contributed by atoms with Crippen LogP contribution in [0.4, 0.5) is 5.69 Å². The highest BCUT2D eigenvalue weighted by molar-refractivity contribution is 5.99. The van der Waals surface area contributed by atoms with Crippen molar-refractivity contribution in [1.82, 2.24) is 10.2 Å². The molecule has 6 heteroatoms. The van der Waals surface area contributed by atoms with E-state index in [9.17, 15) is 9.59 Å². The lowest BCUT2D eigenvalue weighted by Crippen LogP contribution is -2.13. The van der Waals surface area contributed by atoms with E-state index in [1.54, 1.807) is 30.5 Å². The highest BCUT2D eigenvalue weighted by Gasteiger charge is 2.10. The smallest absolute Gasteiger partial charge is 0.224 e. The summed E-state index contributed by atoms with van der Waals surface area (Å²) in [5, 5.41) is 9.01. The Bertz CT molecular complexity index is 636. The number of nitrogens with one attached hydrogen (secondary N) is 2. The van der Waals surface area contributed by atoms with Gasteiger partial charge in [-0.05, 0) is 30.7 Å². The van der Waals surface area contributed by atoms with Crippen LogP contribution < -0.4 is 10.1 Å². The number of ether oxygens (including phenoxy) is 1. The van der Waals surface area contributed by atoms with Crippen molar-refractivity contribution in [3.63, 3.8) is 0 Å². The second-order valence-electron chi connectivity index (χ2n) is 5.54. The molecule has 0 saturated heterocycles. The first kappa shape index (κ1) is 17.7. The lowest BCUT2D eigenvalue weighted by molar-refractivity contribution is -0.116. The summed E-state index contributed by atoms with van der Waals surface area (Å²) in [4.78, 5) is 23.9. The van der Waals surface area contributed by atoms with Crippen LogP contribution in [0.1, 0.15) is 49.4 Å². The number of anilines is 1. The first-order valence-corrected chi connectivity index (χ1v) is 8.23. The van der Waals surface area contributed by atoms with Gasteiger partial charge in [0, 0.05) is 24.6 Å². The Hall–Kier alpha value is -2.63. The van der Waals surface area contributed by atoms with Crippen LogP contribution in [0.5, 0.6) is 5.75 Å². The number of H-pyrrole nitrogens is 1. The second-order valence-corrected chi connectivity index (χ2v) is 5.54. The van der Waals surface area contributed by atoms with Gasteiger partial charge in [-0.3, -0.25) is 14.7 Å². The number of hydrogen-bond acceptors (Lipinski definition) is 4. The Morgan fingerprint density at radius 2 is 1.96 bits per heavy atom. The van der Waals surface area contributed by atoms with Gasteiger partial charge in [-0.1, -0.05) is 19.8 Å². The third-order valence-corrected chi connectivity index (χ3v) is 3.55. The van der Waals surface area contributed by atoms with E-state index in [2.05, 4.69) is 22.4 Å². The minimum Gasteiger partial charge on any atom is -0.494 e. The minimum absolute atomic E-state index is 0.0603. The number of unbranched alkanes of at least 4 members (excludes halogenated alkanes) is 2. The number of hydrogen-bond donors (Lipinski definition) is 2. The number of nitrogens with zero attached hydrogens (tertiary/aromatic N) is 1. The lowest BCUT2D eigenvalue weighted by Gasteiger charge is -2.07. The van der Waals surface area contributed by atoms with E-state index in [-0.39, 0.29) is 24.5 Å². The van der Waals surface area contributed by atoms with Crippen molar-refractivity contribution in [2.45, 2.75) is 39.0 Å². The fourth-order valence-corrected chi connectivity index (χ4v) is 2.19. The standard InChI is InChI=1S/C18H23N3O3/c1-2-3-4-11-24-16-7-5-14(6-8-16)17(22)9-10-18(23)21-15-12-19-20-13-15/h5-8,12-13H,2-4,9-11H2,1H3,(H,19,20)(H,21,23). The zero-order valence-corrected chi connectivity index (χ0v) is 13.9. The normalized spacial score (nSPS) is 10.4. The van der Waals surface area contributed by atoms with E-state index in [0.29, 0.717) is 17.9 Å². The molecule has 0 radical (unpaired) electrons. The number of aromatic amines is 1. The summed E-state index contributed by atoms with van der Waals surface area (Å²) in [6.45, 7) is 2.84. The maximum atomic E-state index is 12.1. The summed E-state index contributed by atoms with van der Waals surface area (Å²) >= 11 is 0. The summed E-state index contributed by atoms with van der Waals surface area (Å²) in [5.41, 5.74) is 1.18. The summed E-state index contributed by atoms with van der Waals surface area (Å²) in [6, 6.07) is 7.08. The first-order valence-electron chi connectivity index (χ1n) is 8.23. The molecule has 1 amide bonds. The van der Waals surface area contributed by atoms with E-state index in [1.807, 2.05) is 0 Å². The minimum atomic E-state index is -0.208. The molecule has 0 aliphatic carbocycles.